The maximum Gasteiger partial charge on any atom is 0.0701 e. The maximum atomic E-state index is 5.61. The Hall–Kier alpha value is 0.570. The van der Waals surface area contributed by atoms with E-state index in [1.165, 1.54) is 19.5 Å². The minimum absolute atomic E-state index is 0.730. The Bertz CT molecular complexity index is 210. The highest BCUT2D eigenvalue weighted by Crippen LogP contribution is 2.05. The minimum atomic E-state index is 0.730. The number of hydrogen-bond donors (Lipinski definition) is 0. The highest BCUT2D eigenvalue weighted by Gasteiger charge is 2.13. The number of hydrogen-bond acceptors (Lipinski definition) is 4. The average molecular weight is 384 g/mol. The second-order valence-electron chi connectivity index (χ2n) is 5.51. The molecule has 4 nitrogen and oxygen atoms in total. The Morgan fingerprint density at radius 1 is 0.947 bits per heavy atom. The summed E-state index contributed by atoms with van der Waals surface area (Å²) >= 11 is 2.40. The fourth-order valence-electron chi connectivity index (χ4n) is 2.06. The molecule has 19 heavy (non-hydrogen) atoms. The van der Waals surface area contributed by atoms with Crippen LogP contribution in [0.2, 0.25) is 0 Å². The average Bonchev–Trinajstić information content (AvgIpc) is 2.38. The van der Waals surface area contributed by atoms with Gasteiger partial charge in [0, 0.05) is 62.2 Å². The van der Waals surface area contributed by atoms with Crippen LogP contribution in [-0.2, 0) is 9.47 Å². The number of ether oxygens (including phenoxy) is 2. The minimum Gasteiger partial charge on any atom is -0.379 e. The van der Waals surface area contributed by atoms with E-state index in [9.17, 15) is 0 Å². The number of nitrogens with zero attached hydrogens (tertiary/aromatic N) is 2. The van der Waals surface area contributed by atoms with Crippen molar-refractivity contribution in [2.45, 2.75) is 26.7 Å². The molecule has 1 aliphatic heterocycles. The molecular weight excluding hydrogens is 355 g/mol. The Morgan fingerprint density at radius 2 is 1.58 bits per heavy atom. The lowest BCUT2D eigenvalue weighted by Crippen LogP contribution is -2.43. The van der Waals surface area contributed by atoms with Crippen molar-refractivity contribution < 1.29 is 9.47 Å². The van der Waals surface area contributed by atoms with E-state index in [0.717, 1.165) is 58.4 Å². The lowest BCUT2D eigenvalue weighted by Gasteiger charge is -2.30. The Morgan fingerprint density at radius 3 is 2.21 bits per heavy atom. The van der Waals surface area contributed by atoms with Crippen molar-refractivity contribution in [2.24, 2.45) is 5.92 Å². The highest BCUT2D eigenvalue weighted by atomic mass is 127. The molecule has 0 saturated carbocycles. The molecular formula is C14H29IN2O2. The van der Waals surface area contributed by atoms with E-state index in [4.69, 9.17) is 9.47 Å². The molecule has 1 fully saturated rings. The zero-order valence-corrected chi connectivity index (χ0v) is 14.6. The van der Waals surface area contributed by atoms with Crippen LogP contribution in [0.15, 0.2) is 0 Å². The second-order valence-corrected chi connectivity index (χ2v) is 6.88. The number of halogens is 1. The Kier molecular flexibility index (Phi) is 10.4. The molecule has 1 aliphatic rings. The van der Waals surface area contributed by atoms with Gasteiger partial charge in [0.25, 0.3) is 0 Å². The third kappa shape index (κ3) is 10.0. The summed E-state index contributed by atoms with van der Waals surface area (Å²) in [5.74, 6) is 0.780. The van der Waals surface area contributed by atoms with Crippen LogP contribution in [0.3, 0.4) is 0 Å². The SMILES string of the molecule is CC(C)CCCOCCOCCN1CCN(I)CC1. The van der Waals surface area contributed by atoms with E-state index in [-0.39, 0.29) is 0 Å². The van der Waals surface area contributed by atoms with Gasteiger partial charge in [-0.3, -0.25) is 4.90 Å². The first-order valence-corrected chi connectivity index (χ1v) is 8.43. The summed E-state index contributed by atoms with van der Waals surface area (Å²) in [7, 11) is 0. The Labute approximate surface area is 132 Å². The summed E-state index contributed by atoms with van der Waals surface area (Å²) in [6.45, 7) is 13.4. The van der Waals surface area contributed by atoms with E-state index >= 15 is 0 Å². The van der Waals surface area contributed by atoms with Crippen molar-refractivity contribution in [1.82, 2.24) is 8.01 Å². The van der Waals surface area contributed by atoms with Gasteiger partial charge in [0.1, 0.15) is 0 Å². The zero-order chi connectivity index (χ0) is 13.9. The van der Waals surface area contributed by atoms with Crippen LogP contribution < -0.4 is 0 Å². The molecule has 0 aromatic heterocycles. The van der Waals surface area contributed by atoms with Gasteiger partial charge in [-0.1, -0.05) is 13.8 Å². The molecule has 5 heteroatoms. The van der Waals surface area contributed by atoms with Crippen LogP contribution in [0.5, 0.6) is 0 Å². The summed E-state index contributed by atoms with van der Waals surface area (Å²) in [6, 6.07) is 0. The summed E-state index contributed by atoms with van der Waals surface area (Å²) < 4.78 is 13.5. The van der Waals surface area contributed by atoms with Gasteiger partial charge in [-0.05, 0) is 18.8 Å². The quantitative estimate of drug-likeness (QED) is 0.328. The van der Waals surface area contributed by atoms with Crippen molar-refractivity contribution in [3.05, 3.63) is 0 Å². The summed E-state index contributed by atoms with van der Waals surface area (Å²) in [5, 5.41) is 0. The monoisotopic (exact) mass is 384 g/mol. The van der Waals surface area contributed by atoms with Crippen LogP contribution in [-0.4, -0.2) is 67.2 Å². The van der Waals surface area contributed by atoms with Crippen molar-refractivity contribution in [3.8, 4) is 0 Å². The van der Waals surface area contributed by atoms with Gasteiger partial charge in [0.2, 0.25) is 0 Å². The molecule has 114 valence electrons. The molecule has 0 aromatic rings. The second kappa shape index (κ2) is 11.3. The van der Waals surface area contributed by atoms with E-state index < -0.39 is 0 Å². The number of rotatable bonds is 10. The van der Waals surface area contributed by atoms with E-state index in [0.29, 0.717) is 0 Å². The van der Waals surface area contributed by atoms with Crippen LogP contribution in [0.1, 0.15) is 26.7 Å². The molecule has 0 atom stereocenters. The lowest BCUT2D eigenvalue weighted by molar-refractivity contribution is 0.0344. The van der Waals surface area contributed by atoms with Gasteiger partial charge in [-0.25, -0.2) is 3.11 Å². The van der Waals surface area contributed by atoms with Crippen molar-refractivity contribution in [2.75, 3.05) is 59.2 Å². The van der Waals surface area contributed by atoms with Gasteiger partial charge in [-0.15, -0.1) is 0 Å². The fraction of sp³-hybridized carbons (Fsp3) is 1.00. The fourth-order valence-corrected chi connectivity index (χ4v) is 2.49. The van der Waals surface area contributed by atoms with Crippen LogP contribution in [0.4, 0.5) is 0 Å². The van der Waals surface area contributed by atoms with Gasteiger partial charge >= 0.3 is 0 Å². The molecule has 0 radical (unpaired) electrons. The first-order valence-electron chi connectivity index (χ1n) is 7.47. The molecule has 0 spiro atoms. The van der Waals surface area contributed by atoms with Gasteiger partial charge in [0.15, 0.2) is 0 Å². The predicted octanol–water partition coefficient (Wildman–Crippen LogP) is 2.42. The first kappa shape index (κ1) is 17.6. The highest BCUT2D eigenvalue weighted by molar-refractivity contribution is 14.1. The van der Waals surface area contributed by atoms with Gasteiger partial charge in [-0.2, -0.15) is 0 Å². The van der Waals surface area contributed by atoms with E-state index in [2.05, 4.69) is 44.7 Å². The molecule has 0 N–H and O–H groups in total. The molecule has 0 aliphatic carbocycles. The maximum absolute atomic E-state index is 5.61. The third-order valence-corrected chi connectivity index (χ3v) is 4.28. The van der Waals surface area contributed by atoms with Crippen LogP contribution >= 0.6 is 22.9 Å². The topological polar surface area (TPSA) is 24.9 Å². The molecule has 0 amide bonds. The van der Waals surface area contributed by atoms with E-state index in [1.54, 1.807) is 0 Å². The first-order chi connectivity index (χ1) is 9.18. The summed E-state index contributed by atoms with van der Waals surface area (Å²) in [5.41, 5.74) is 0. The van der Waals surface area contributed by atoms with Gasteiger partial charge < -0.3 is 9.47 Å². The predicted molar refractivity (Wildman–Crippen MR) is 87.7 cm³/mol. The smallest absolute Gasteiger partial charge is 0.0701 e. The summed E-state index contributed by atoms with van der Waals surface area (Å²) in [4.78, 5) is 2.47. The lowest BCUT2D eigenvalue weighted by atomic mass is 10.1. The summed E-state index contributed by atoms with van der Waals surface area (Å²) in [6.07, 6.45) is 2.42. The van der Waals surface area contributed by atoms with Crippen LogP contribution in [0, 0.1) is 5.92 Å². The van der Waals surface area contributed by atoms with Crippen LogP contribution in [0.25, 0.3) is 0 Å². The standard InChI is InChI=1S/C14H29IN2O2/c1-14(2)4-3-10-18-12-13-19-11-9-16-5-7-17(15)8-6-16/h14H,3-13H2,1-2H3. The zero-order valence-electron chi connectivity index (χ0n) is 12.4. The Balaban J connectivity index is 1.79. The number of piperazine rings is 1. The van der Waals surface area contributed by atoms with Crippen molar-refractivity contribution >= 4 is 22.9 Å². The molecule has 0 unspecified atom stereocenters. The van der Waals surface area contributed by atoms with E-state index in [1.807, 2.05) is 0 Å². The third-order valence-electron chi connectivity index (χ3n) is 3.31. The molecule has 1 rings (SSSR count). The van der Waals surface area contributed by atoms with Crippen molar-refractivity contribution in [1.29, 1.82) is 0 Å². The molecule has 1 saturated heterocycles. The molecule has 1 heterocycles. The molecule has 0 bridgehead atoms. The molecule has 0 aromatic carbocycles. The van der Waals surface area contributed by atoms with Gasteiger partial charge in [0.05, 0.1) is 19.8 Å². The largest absolute Gasteiger partial charge is 0.379 e. The van der Waals surface area contributed by atoms with Crippen molar-refractivity contribution in [3.63, 3.8) is 0 Å². The normalized spacial score (nSPS) is 18.3.